The van der Waals surface area contributed by atoms with Crippen molar-refractivity contribution in [2.75, 3.05) is 25.0 Å². The lowest BCUT2D eigenvalue weighted by Crippen LogP contribution is -3.17. The molecule has 0 spiro atoms. The van der Waals surface area contributed by atoms with Gasteiger partial charge in [0.15, 0.2) is 6.04 Å². The third-order valence-electron chi connectivity index (χ3n) is 5.73. The van der Waals surface area contributed by atoms with Crippen molar-refractivity contribution in [3.05, 3.63) is 16.0 Å². The molecule has 0 aromatic carbocycles. The normalized spacial score (nSPS) is 21.7. The van der Waals surface area contributed by atoms with Gasteiger partial charge in [0, 0.05) is 4.88 Å². The molecule has 1 amide bonds. The van der Waals surface area contributed by atoms with Crippen molar-refractivity contribution in [3.8, 4) is 0 Å². The molecule has 26 heavy (non-hydrogen) atoms. The maximum absolute atomic E-state index is 12.8. The van der Waals surface area contributed by atoms with Gasteiger partial charge in [0.2, 0.25) is 0 Å². The fraction of sp³-hybridized carbons (Fsp3) is 0.700. The lowest BCUT2D eigenvalue weighted by atomic mass is 9.88. The summed E-state index contributed by atoms with van der Waals surface area (Å²) in [6, 6.07) is -0.0941. The molecule has 2 N–H and O–H groups in total. The first kappa shape index (κ1) is 19.4. The summed E-state index contributed by atoms with van der Waals surface area (Å²) in [5, 5.41) is 3.77. The highest BCUT2D eigenvalue weighted by molar-refractivity contribution is 7.17. The fourth-order valence-corrected chi connectivity index (χ4v) is 5.50. The topological polar surface area (TPSA) is 59.8 Å². The Balaban J connectivity index is 1.81. The molecule has 0 radical (unpaired) electrons. The maximum Gasteiger partial charge on any atom is 0.341 e. The van der Waals surface area contributed by atoms with Gasteiger partial charge >= 0.3 is 5.97 Å². The Morgan fingerprint density at radius 3 is 2.73 bits per heavy atom. The van der Waals surface area contributed by atoms with Crippen molar-refractivity contribution in [2.45, 2.75) is 65.3 Å². The van der Waals surface area contributed by atoms with Crippen LogP contribution in [0.2, 0.25) is 0 Å². The number of esters is 1. The van der Waals surface area contributed by atoms with E-state index in [0.29, 0.717) is 23.1 Å². The van der Waals surface area contributed by atoms with Crippen LogP contribution in [0.4, 0.5) is 5.00 Å². The predicted octanol–water partition coefficient (Wildman–Crippen LogP) is 2.45. The molecule has 1 saturated heterocycles. The lowest BCUT2D eigenvalue weighted by molar-refractivity contribution is -0.918. The summed E-state index contributed by atoms with van der Waals surface area (Å²) < 4.78 is 5.29. The number of rotatable bonds is 5. The number of piperidine rings is 1. The second-order valence-electron chi connectivity index (χ2n) is 7.71. The third kappa shape index (κ3) is 4.12. The van der Waals surface area contributed by atoms with Gasteiger partial charge in [-0.15, -0.1) is 11.3 Å². The molecule has 6 heteroatoms. The van der Waals surface area contributed by atoms with Crippen molar-refractivity contribution < 1.29 is 19.2 Å². The van der Waals surface area contributed by atoms with E-state index >= 15 is 0 Å². The molecular weight excluding hydrogens is 348 g/mol. The van der Waals surface area contributed by atoms with E-state index in [1.807, 2.05) is 13.8 Å². The van der Waals surface area contributed by atoms with Crippen LogP contribution in [0.1, 0.15) is 67.3 Å². The van der Waals surface area contributed by atoms with E-state index in [1.165, 1.54) is 29.0 Å². The molecule has 144 valence electrons. The molecule has 2 aliphatic rings. The third-order valence-corrected chi connectivity index (χ3v) is 6.90. The van der Waals surface area contributed by atoms with E-state index < -0.39 is 0 Å². The van der Waals surface area contributed by atoms with Gasteiger partial charge in [-0.05, 0) is 63.9 Å². The summed E-state index contributed by atoms with van der Waals surface area (Å²) >= 11 is 1.57. The molecule has 3 rings (SSSR count). The molecule has 2 atom stereocenters. The van der Waals surface area contributed by atoms with Gasteiger partial charge in [-0.1, -0.05) is 6.92 Å². The van der Waals surface area contributed by atoms with Crippen LogP contribution in [-0.2, 0) is 22.4 Å². The largest absolute Gasteiger partial charge is 0.462 e. The number of carbonyl (C=O) groups excluding carboxylic acids is 2. The van der Waals surface area contributed by atoms with Gasteiger partial charge in [-0.2, -0.15) is 0 Å². The molecule has 0 bridgehead atoms. The molecule has 0 unspecified atom stereocenters. The molecule has 2 heterocycles. The molecular formula is C20H31N2O3S+. The van der Waals surface area contributed by atoms with Crippen LogP contribution in [0.15, 0.2) is 0 Å². The van der Waals surface area contributed by atoms with Gasteiger partial charge in [-0.3, -0.25) is 4.79 Å². The molecule has 0 saturated carbocycles. The second-order valence-corrected chi connectivity index (χ2v) is 8.81. The SMILES string of the molecule is CCOC(=O)c1c(NC(=O)[C@H](C)[NH+]2CCCCC2)sc2c1CC[C@@H](C)C2. The van der Waals surface area contributed by atoms with E-state index in [9.17, 15) is 9.59 Å². The van der Waals surface area contributed by atoms with Crippen molar-refractivity contribution in [3.63, 3.8) is 0 Å². The maximum atomic E-state index is 12.8. The Morgan fingerprint density at radius 2 is 2.04 bits per heavy atom. The van der Waals surface area contributed by atoms with Crippen LogP contribution < -0.4 is 10.2 Å². The number of hydrogen-bond donors (Lipinski definition) is 2. The highest BCUT2D eigenvalue weighted by atomic mass is 32.1. The van der Waals surface area contributed by atoms with E-state index in [2.05, 4.69) is 12.2 Å². The molecule has 1 aromatic rings. The van der Waals surface area contributed by atoms with Crippen molar-refractivity contribution >= 4 is 28.2 Å². The number of carbonyl (C=O) groups is 2. The van der Waals surface area contributed by atoms with Gasteiger partial charge < -0.3 is 15.0 Å². The average molecular weight is 380 g/mol. The number of hydrogen-bond acceptors (Lipinski definition) is 4. The highest BCUT2D eigenvalue weighted by Crippen LogP contribution is 2.40. The summed E-state index contributed by atoms with van der Waals surface area (Å²) in [6.07, 6.45) is 6.59. The Bertz CT molecular complexity index is 664. The number of quaternary nitrogens is 1. The van der Waals surface area contributed by atoms with Crippen molar-refractivity contribution in [1.82, 2.24) is 0 Å². The molecule has 1 aliphatic heterocycles. The van der Waals surface area contributed by atoms with Crippen LogP contribution in [0.5, 0.6) is 0 Å². The number of amides is 1. The van der Waals surface area contributed by atoms with E-state index in [0.717, 1.165) is 37.9 Å². The quantitative estimate of drug-likeness (QED) is 0.773. The Morgan fingerprint density at radius 1 is 1.31 bits per heavy atom. The Labute approximate surface area is 160 Å². The van der Waals surface area contributed by atoms with E-state index in [1.54, 1.807) is 11.3 Å². The number of likely N-dealkylation sites (tertiary alicyclic amines) is 1. The summed E-state index contributed by atoms with van der Waals surface area (Å²) in [7, 11) is 0. The van der Waals surface area contributed by atoms with Gasteiger partial charge in [0.1, 0.15) is 5.00 Å². The minimum Gasteiger partial charge on any atom is -0.462 e. The van der Waals surface area contributed by atoms with Crippen LogP contribution in [0.25, 0.3) is 0 Å². The summed E-state index contributed by atoms with van der Waals surface area (Å²) in [5.74, 6) is 0.336. The first-order chi connectivity index (χ1) is 12.5. The second kappa shape index (κ2) is 8.53. The smallest absolute Gasteiger partial charge is 0.341 e. The zero-order chi connectivity index (χ0) is 18.7. The summed E-state index contributed by atoms with van der Waals surface area (Å²) in [5.41, 5.74) is 1.70. The number of thiophene rings is 1. The fourth-order valence-electron chi connectivity index (χ4n) is 4.10. The summed E-state index contributed by atoms with van der Waals surface area (Å²) in [6.45, 7) is 8.51. The molecule has 1 aromatic heterocycles. The minimum atomic E-state index is -0.298. The van der Waals surface area contributed by atoms with Gasteiger partial charge in [0.25, 0.3) is 5.91 Å². The minimum absolute atomic E-state index is 0.0130. The molecule has 5 nitrogen and oxygen atoms in total. The van der Waals surface area contributed by atoms with E-state index in [4.69, 9.17) is 4.74 Å². The van der Waals surface area contributed by atoms with Crippen LogP contribution in [0, 0.1) is 5.92 Å². The molecule has 1 aliphatic carbocycles. The first-order valence-corrected chi connectivity index (χ1v) is 10.8. The number of fused-ring (bicyclic) bond motifs is 1. The Hall–Kier alpha value is -1.40. The average Bonchev–Trinajstić information content (AvgIpc) is 2.98. The standard InChI is InChI=1S/C20H30N2O3S/c1-4-25-20(24)17-15-9-8-13(2)12-16(15)26-19(17)21-18(23)14(3)22-10-6-5-7-11-22/h13-14H,4-12H2,1-3H3,(H,21,23)/p+1/t13-,14+/m1/s1. The summed E-state index contributed by atoms with van der Waals surface area (Å²) in [4.78, 5) is 28.0. The van der Waals surface area contributed by atoms with Crippen LogP contribution in [0.3, 0.4) is 0 Å². The van der Waals surface area contributed by atoms with Crippen LogP contribution in [-0.4, -0.2) is 37.6 Å². The highest BCUT2D eigenvalue weighted by Gasteiger charge is 2.32. The van der Waals surface area contributed by atoms with Crippen LogP contribution >= 0.6 is 11.3 Å². The monoisotopic (exact) mass is 379 g/mol. The Kier molecular flexibility index (Phi) is 6.35. The van der Waals surface area contributed by atoms with Crippen molar-refractivity contribution in [1.29, 1.82) is 0 Å². The number of anilines is 1. The predicted molar refractivity (Wildman–Crippen MR) is 104 cm³/mol. The first-order valence-electron chi connectivity index (χ1n) is 9.98. The zero-order valence-corrected chi connectivity index (χ0v) is 17.0. The number of ether oxygens (including phenoxy) is 1. The molecule has 1 fully saturated rings. The van der Waals surface area contributed by atoms with Crippen molar-refractivity contribution in [2.24, 2.45) is 5.92 Å². The number of nitrogens with one attached hydrogen (secondary N) is 2. The van der Waals surface area contributed by atoms with Gasteiger partial charge in [0.05, 0.1) is 25.3 Å². The lowest BCUT2D eigenvalue weighted by Gasteiger charge is -2.28. The van der Waals surface area contributed by atoms with Gasteiger partial charge in [-0.25, -0.2) is 4.79 Å². The zero-order valence-electron chi connectivity index (χ0n) is 16.2. The van der Waals surface area contributed by atoms with E-state index in [-0.39, 0.29) is 17.9 Å².